The van der Waals surface area contributed by atoms with Crippen molar-refractivity contribution in [2.75, 3.05) is 13.1 Å². The molecule has 2 aromatic rings. The minimum atomic E-state index is -0.441. The van der Waals surface area contributed by atoms with Crippen LogP contribution >= 0.6 is 0 Å². The summed E-state index contributed by atoms with van der Waals surface area (Å²) in [5.74, 6) is 0.789. The minimum Gasteiger partial charge on any atom is -0.388 e. The normalized spacial score (nSPS) is 16.9. The van der Waals surface area contributed by atoms with E-state index in [0.717, 1.165) is 24.0 Å². The Hall–Kier alpha value is -2.13. The van der Waals surface area contributed by atoms with Crippen LogP contribution in [0, 0.1) is 5.92 Å². The summed E-state index contributed by atoms with van der Waals surface area (Å²) in [5, 5.41) is 10.6. The molecule has 0 saturated carbocycles. The highest BCUT2D eigenvalue weighted by Gasteiger charge is 2.28. The fraction of sp³-hybridized carbons (Fsp3) is 0.409. The van der Waals surface area contributed by atoms with Crippen LogP contribution in [0.5, 0.6) is 0 Å². The molecule has 1 amide bonds. The largest absolute Gasteiger partial charge is 0.388 e. The van der Waals surface area contributed by atoms with Crippen LogP contribution < -0.4 is 0 Å². The summed E-state index contributed by atoms with van der Waals surface area (Å²) in [5.41, 5.74) is 2.98. The predicted molar refractivity (Wildman–Crippen MR) is 101 cm³/mol. The molecule has 0 aromatic heterocycles. The zero-order chi connectivity index (χ0) is 17.8. The maximum absolute atomic E-state index is 12.7. The number of amides is 1. The lowest BCUT2D eigenvalue weighted by Gasteiger charge is -2.34. The third-order valence-electron chi connectivity index (χ3n) is 5.24. The van der Waals surface area contributed by atoms with E-state index in [4.69, 9.17) is 0 Å². The summed E-state index contributed by atoms with van der Waals surface area (Å²) in [6, 6.07) is 17.8. The lowest BCUT2D eigenvalue weighted by Crippen LogP contribution is -2.39. The molecule has 1 aliphatic rings. The van der Waals surface area contributed by atoms with E-state index in [0.29, 0.717) is 19.0 Å². The molecule has 0 spiro atoms. The van der Waals surface area contributed by atoms with Crippen molar-refractivity contribution in [3.05, 3.63) is 71.3 Å². The smallest absolute Gasteiger partial charge is 0.253 e. The maximum atomic E-state index is 12.7. The monoisotopic (exact) mass is 337 g/mol. The summed E-state index contributed by atoms with van der Waals surface area (Å²) >= 11 is 0. The highest BCUT2D eigenvalue weighted by atomic mass is 16.3. The molecule has 132 valence electrons. The Kier molecular flexibility index (Phi) is 5.54. The molecule has 1 N–H and O–H groups in total. The van der Waals surface area contributed by atoms with Crippen LogP contribution in [0.15, 0.2) is 54.6 Å². The predicted octanol–water partition coefficient (Wildman–Crippen LogP) is 4.40. The van der Waals surface area contributed by atoms with Gasteiger partial charge in [-0.05, 0) is 47.9 Å². The molecule has 3 heteroatoms. The van der Waals surface area contributed by atoms with Gasteiger partial charge in [0, 0.05) is 18.7 Å². The zero-order valence-electron chi connectivity index (χ0n) is 15.1. The number of carbonyl (C=O) groups excluding carboxylic acids is 1. The van der Waals surface area contributed by atoms with Crippen LogP contribution in [0.25, 0.3) is 0 Å². The van der Waals surface area contributed by atoms with Crippen molar-refractivity contribution >= 4 is 5.91 Å². The Morgan fingerprint density at radius 3 is 2.12 bits per heavy atom. The number of benzene rings is 2. The highest BCUT2D eigenvalue weighted by molar-refractivity contribution is 5.94. The van der Waals surface area contributed by atoms with Gasteiger partial charge in [-0.15, -0.1) is 0 Å². The average molecular weight is 337 g/mol. The number of aliphatic hydroxyl groups is 1. The molecular formula is C22H27NO2. The van der Waals surface area contributed by atoms with Crippen molar-refractivity contribution in [3.8, 4) is 0 Å². The first-order chi connectivity index (χ1) is 12.1. The van der Waals surface area contributed by atoms with Crippen molar-refractivity contribution in [2.45, 2.75) is 38.7 Å². The molecule has 1 heterocycles. The lowest BCUT2D eigenvalue weighted by molar-refractivity contribution is 0.0462. The fourth-order valence-corrected chi connectivity index (χ4v) is 3.53. The van der Waals surface area contributed by atoms with Crippen LogP contribution in [0.1, 0.15) is 60.2 Å². The second kappa shape index (κ2) is 7.83. The number of aliphatic hydroxyl groups excluding tert-OH is 1. The van der Waals surface area contributed by atoms with Gasteiger partial charge in [0.15, 0.2) is 0 Å². The van der Waals surface area contributed by atoms with Gasteiger partial charge in [0.2, 0.25) is 0 Å². The molecule has 1 aliphatic heterocycles. The van der Waals surface area contributed by atoms with E-state index in [-0.39, 0.29) is 11.8 Å². The Bertz CT molecular complexity index is 686. The van der Waals surface area contributed by atoms with E-state index in [1.807, 2.05) is 59.5 Å². The number of hydrogen-bond donors (Lipinski definition) is 1. The Balaban J connectivity index is 1.59. The Morgan fingerprint density at radius 2 is 1.56 bits per heavy atom. The molecule has 1 saturated heterocycles. The third-order valence-corrected chi connectivity index (χ3v) is 5.24. The van der Waals surface area contributed by atoms with Gasteiger partial charge in [-0.3, -0.25) is 4.79 Å². The highest BCUT2D eigenvalue weighted by Crippen LogP contribution is 2.31. The lowest BCUT2D eigenvalue weighted by atomic mass is 9.87. The molecule has 25 heavy (non-hydrogen) atoms. The van der Waals surface area contributed by atoms with Gasteiger partial charge in [-0.2, -0.15) is 0 Å². The number of hydrogen-bond acceptors (Lipinski definition) is 2. The van der Waals surface area contributed by atoms with Crippen LogP contribution in [-0.2, 0) is 0 Å². The number of likely N-dealkylation sites (tertiary alicyclic amines) is 1. The molecule has 0 unspecified atom stereocenters. The molecular weight excluding hydrogens is 310 g/mol. The molecule has 0 radical (unpaired) electrons. The number of rotatable bonds is 4. The van der Waals surface area contributed by atoms with Crippen LogP contribution in [0.3, 0.4) is 0 Å². The molecule has 3 rings (SSSR count). The number of piperidine rings is 1. The number of nitrogens with zero attached hydrogens (tertiary/aromatic N) is 1. The van der Waals surface area contributed by atoms with Crippen molar-refractivity contribution < 1.29 is 9.90 Å². The maximum Gasteiger partial charge on any atom is 0.253 e. The van der Waals surface area contributed by atoms with Gasteiger partial charge in [0.25, 0.3) is 5.91 Å². The van der Waals surface area contributed by atoms with Crippen molar-refractivity contribution in [1.29, 1.82) is 0 Å². The van der Waals surface area contributed by atoms with Crippen molar-refractivity contribution in [3.63, 3.8) is 0 Å². The van der Waals surface area contributed by atoms with Gasteiger partial charge in [-0.1, -0.05) is 56.3 Å². The summed E-state index contributed by atoms with van der Waals surface area (Å²) in [4.78, 5) is 14.6. The fourth-order valence-electron chi connectivity index (χ4n) is 3.53. The van der Waals surface area contributed by atoms with Crippen LogP contribution in [0.2, 0.25) is 0 Å². The van der Waals surface area contributed by atoms with Crippen LogP contribution in [-0.4, -0.2) is 29.0 Å². The standard InChI is InChI=1S/C22H27NO2/c1-16(2)17-8-10-20(11-9-17)22(25)23-14-12-19(13-15-23)21(24)18-6-4-3-5-7-18/h3-11,16,19,21,24H,12-15H2,1-2H3/t21-/m1/s1. The van der Waals surface area contributed by atoms with E-state index in [2.05, 4.69) is 13.8 Å². The first kappa shape index (κ1) is 17.7. The first-order valence-corrected chi connectivity index (χ1v) is 9.18. The summed E-state index contributed by atoms with van der Waals surface area (Å²) < 4.78 is 0. The summed E-state index contributed by atoms with van der Waals surface area (Å²) in [6.07, 6.45) is 1.24. The Morgan fingerprint density at radius 1 is 0.960 bits per heavy atom. The SMILES string of the molecule is CC(C)c1ccc(C(=O)N2CCC([C@H](O)c3ccccc3)CC2)cc1. The van der Waals surface area contributed by atoms with Crippen LogP contribution in [0.4, 0.5) is 0 Å². The molecule has 0 bridgehead atoms. The number of carbonyl (C=O) groups is 1. The Labute approximate surface area is 150 Å². The molecule has 3 nitrogen and oxygen atoms in total. The van der Waals surface area contributed by atoms with Crippen molar-refractivity contribution in [1.82, 2.24) is 4.90 Å². The van der Waals surface area contributed by atoms with E-state index in [1.165, 1.54) is 5.56 Å². The second-order valence-corrected chi connectivity index (χ2v) is 7.26. The summed E-state index contributed by atoms with van der Waals surface area (Å²) in [7, 11) is 0. The minimum absolute atomic E-state index is 0.1000. The molecule has 2 aromatic carbocycles. The van der Waals surface area contributed by atoms with Gasteiger partial charge in [0.1, 0.15) is 0 Å². The van der Waals surface area contributed by atoms with Gasteiger partial charge >= 0.3 is 0 Å². The van der Waals surface area contributed by atoms with E-state index in [1.54, 1.807) is 0 Å². The summed E-state index contributed by atoms with van der Waals surface area (Å²) in [6.45, 7) is 5.72. The second-order valence-electron chi connectivity index (χ2n) is 7.26. The van der Waals surface area contributed by atoms with Gasteiger partial charge in [0.05, 0.1) is 6.10 Å². The van der Waals surface area contributed by atoms with Gasteiger partial charge in [-0.25, -0.2) is 0 Å². The van der Waals surface area contributed by atoms with Gasteiger partial charge < -0.3 is 10.0 Å². The van der Waals surface area contributed by atoms with E-state index < -0.39 is 6.10 Å². The molecule has 1 fully saturated rings. The van der Waals surface area contributed by atoms with E-state index >= 15 is 0 Å². The van der Waals surface area contributed by atoms with Crippen molar-refractivity contribution in [2.24, 2.45) is 5.92 Å². The third kappa shape index (κ3) is 4.10. The zero-order valence-corrected chi connectivity index (χ0v) is 15.1. The van der Waals surface area contributed by atoms with E-state index in [9.17, 15) is 9.90 Å². The first-order valence-electron chi connectivity index (χ1n) is 9.18. The molecule has 1 atom stereocenters. The quantitative estimate of drug-likeness (QED) is 0.898. The molecule has 0 aliphatic carbocycles. The average Bonchev–Trinajstić information content (AvgIpc) is 2.67. The topological polar surface area (TPSA) is 40.5 Å².